The molecule has 2 heterocycles. The maximum absolute atomic E-state index is 11.3. The lowest BCUT2D eigenvalue weighted by atomic mass is 10.2. The van der Waals surface area contributed by atoms with Crippen molar-refractivity contribution in [3.8, 4) is 0 Å². The van der Waals surface area contributed by atoms with Crippen LogP contribution in [-0.2, 0) is 9.53 Å². The van der Waals surface area contributed by atoms with Gasteiger partial charge in [-0.25, -0.2) is 0 Å². The van der Waals surface area contributed by atoms with E-state index in [0.29, 0.717) is 0 Å². The van der Waals surface area contributed by atoms with Crippen LogP contribution in [0.5, 0.6) is 0 Å². The van der Waals surface area contributed by atoms with Crippen molar-refractivity contribution >= 4 is 40.8 Å². The number of ether oxygens (including phenoxy) is 1. The molecule has 0 amide bonds. The van der Waals surface area contributed by atoms with Crippen molar-refractivity contribution in [2.75, 3.05) is 6.54 Å². The number of hydrogen-bond donors (Lipinski definition) is 0. The molecule has 3 nitrogen and oxygen atoms in total. The van der Waals surface area contributed by atoms with Crippen molar-refractivity contribution in [2.24, 2.45) is 0 Å². The minimum atomic E-state index is -1.55. The van der Waals surface area contributed by atoms with Gasteiger partial charge in [0.15, 0.2) is 0 Å². The zero-order chi connectivity index (χ0) is 9.64. The summed E-state index contributed by atoms with van der Waals surface area (Å²) < 4.78 is 3.44. The maximum Gasteiger partial charge on any atom is 0.325 e. The van der Waals surface area contributed by atoms with Gasteiger partial charge in [-0.2, -0.15) is 0 Å². The minimum absolute atomic E-state index is 0.194. The molecule has 0 radical (unpaired) electrons. The zero-order valence-electron chi connectivity index (χ0n) is 6.67. The first-order valence-corrected chi connectivity index (χ1v) is 5.16. The molecule has 74 valence electrons. The quantitative estimate of drug-likeness (QED) is 0.480. The molecule has 13 heavy (non-hydrogen) atoms. The molecule has 2 fully saturated rings. The number of carbonyl (C=O) groups excluding carboxylic acids is 1. The number of fused-ring (bicyclic) bond motifs is 1. The third-order valence-corrected chi connectivity index (χ3v) is 2.94. The van der Waals surface area contributed by atoms with E-state index >= 15 is 0 Å². The van der Waals surface area contributed by atoms with E-state index in [0.717, 1.165) is 19.4 Å². The van der Waals surface area contributed by atoms with Crippen molar-refractivity contribution in [1.82, 2.24) is 4.90 Å². The van der Waals surface area contributed by atoms with Crippen LogP contribution in [-0.4, -0.2) is 33.5 Å². The van der Waals surface area contributed by atoms with Gasteiger partial charge in [-0.05, 0) is 12.8 Å². The fourth-order valence-corrected chi connectivity index (χ4v) is 2.34. The van der Waals surface area contributed by atoms with Crippen molar-refractivity contribution in [1.29, 1.82) is 0 Å². The lowest BCUT2D eigenvalue weighted by Crippen LogP contribution is -2.41. The second kappa shape index (κ2) is 3.16. The van der Waals surface area contributed by atoms with Crippen molar-refractivity contribution in [3.05, 3.63) is 0 Å². The van der Waals surface area contributed by atoms with Gasteiger partial charge in [-0.3, -0.25) is 9.69 Å². The lowest BCUT2D eigenvalue weighted by molar-refractivity contribution is -0.142. The number of halogens is 3. The Balaban J connectivity index is 2.20. The number of alkyl halides is 3. The number of nitrogens with zero attached hydrogens (tertiary/aromatic N) is 1. The van der Waals surface area contributed by atoms with E-state index in [4.69, 9.17) is 39.5 Å². The number of rotatable bonds is 0. The summed E-state index contributed by atoms with van der Waals surface area (Å²) in [6.07, 6.45) is 1.05. The Morgan fingerprint density at radius 3 is 2.77 bits per heavy atom. The highest BCUT2D eigenvalue weighted by Gasteiger charge is 2.52. The second-order valence-electron chi connectivity index (χ2n) is 3.23. The summed E-state index contributed by atoms with van der Waals surface area (Å²) in [5, 5.41) is 0. The van der Waals surface area contributed by atoms with E-state index in [1.165, 1.54) is 0 Å². The van der Waals surface area contributed by atoms with Gasteiger partial charge in [-0.15, -0.1) is 0 Å². The van der Waals surface area contributed by atoms with E-state index in [1.807, 2.05) is 4.90 Å². The first kappa shape index (κ1) is 9.84. The summed E-state index contributed by atoms with van der Waals surface area (Å²) in [5.41, 5.74) is 0. The summed E-state index contributed by atoms with van der Waals surface area (Å²) in [6, 6.07) is -0.194. The SMILES string of the molecule is O=C1O[C@H](C(Cl)(Cl)Cl)N2CCCC12. The second-order valence-corrected chi connectivity index (χ2v) is 5.60. The molecule has 0 aliphatic carbocycles. The fourth-order valence-electron chi connectivity index (χ4n) is 1.83. The van der Waals surface area contributed by atoms with Crippen LogP contribution in [0.1, 0.15) is 12.8 Å². The lowest BCUT2D eigenvalue weighted by Gasteiger charge is -2.25. The molecule has 0 N–H and O–H groups in total. The molecule has 2 saturated heterocycles. The molecule has 2 aliphatic rings. The summed E-state index contributed by atoms with van der Waals surface area (Å²) in [4.78, 5) is 13.1. The first-order chi connectivity index (χ1) is 6.00. The van der Waals surface area contributed by atoms with E-state index in [9.17, 15) is 4.79 Å². The zero-order valence-corrected chi connectivity index (χ0v) is 8.94. The van der Waals surface area contributed by atoms with Crippen LogP contribution in [0.3, 0.4) is 0 Å². The number of hydrogen-bond acceptors (Lipinski definition) is 3. The minimum Gasteiger partial charge on any atom is -0.440 e. The Labute approximate surface area is 90.9 Å². The van der Waals surface area contributed by atoms with Crippen LogP contribution >= 0.6 is 34.8 Å². The van der Waals surface area contributed by atoms with Gasteiger partial charge in [0.05, 0.1) is 0 Å². The highest BCUT2D eigenvalue weighted by molar-refractivity contribution is 6.68. The molecule has 0 saturated carbocycles. The predicted molar refractivity (Wildman–Crippen MR) is 49.9 cm³/mol. The molecular formula is C7H8Cl3NO2. The monoisotopic (exact) mass is 243 g/mol. The Hall–Kier alpha value is 0.300. The molecular weight excluding hydrogens is 236 g/mol. The maximum atomic E-state index is 11.3. The molecule has 0 aromatic heterocycles. The smallest absolute Gasteiger partial charge is 0.325 e. The van der Waals surface area contributed by atoms with Gasteiger partial charge in [0.2, 0.25) is 10.0 Å². The Bertz CT molecular complexity index is 240. The number of esters is 1. The van der Waals surface area contributed by atoms with E-state index in [-0.39, 0.29) is 12.0 Å². The first-order valence-electron chi connectivity index (χ1n) is 4.03. The van der Waals surface area contributed by atoms with Gasteiger partial charge in [0, 0.05) is 6.54 Å². The topological polar surface area (TPSA) is 29.5 Å². The van der Waals surface area contributed by atoms with E-state index < -0.39 is 10.0 Å². The van der Waals surface area contributed by atoms with Crippen molar-refractivity contribution in [3.63, 3.8) is 0 Å². The van der Waals surface area contributed by atoms with Gasteiger partial charge in [0.25, 0.3) is 0 Å². The molecule has 0 bridgehead atoms. The molecule has 2 rings (SSSR count). The van der Waals surface area contributed by atoms with Crippen LogP contribution in [0.4, 0.5) is 0 Å². The van der Waals surface area contributed by atoms with Gasteiger partial charge < -0.3 is 4.74 Å². The molecule has 2 atom stereocenters. The fraction of sp³-hybridized carbons (Fsp3) is 0.857. The van der Waals surface area contributed by atoms with E-state index in [2.05, 4.69) is 0 Å². The highest BCUT2D eigenvalue weighted by atomic mass is 35.6. The molecule has 2 aliphatic heterocycles. The number of cyclic esters (lactones) is 1. The molecule has 0 aromatic rings. The van der Waals surface area contributed by atoms with Crippen molar-refractivity contribution in [2.45, 2.75) is 28.9 Å². The Kier molecular flexibility index (Phi) is 2.39. The Morgan fingerprint density at radius 2 is 2.15 bits per heavy atom. The normalized spacial score (nSPS) is 34.8. The number of carbonyl (C=O) groups is 1. The summed E-state index contributed by atoms with van der Waals surface area (Å²) in [7, 11) is 0. The van der Waals surface area contributed by atoms with Crippen molar-refractivity contribution < 1.29 is 9.53 Å². The molecule has 0 spiro atoms. The summed E-state index contributed by atoms with van der Waals surface area (Å²) in [5.74, 6) is -0.270. The average Bonchev–Trinajstić information content (AvgIpc) is 2.51. The predicted octanol–water partition coefficient (Wildman–Crippen LogP) is 1.70. The highest BCUT2D eigenvalue weighted by Crippen LogP contribution is 2.41. The molecule has 0 aromatic carbocycles. The largest absolute Gasteiger partial charge is 0.440 e. The van der Waals surface area contributed by atoms with Crippen LogP contribution in [0.2, 0.25) is 0 Å². The van der Waals surface area contributed by atoms with Gasteiger partial charge in [-0.1, -0.05) is 34.8 Å². The van der Waals surface area contributed by atoms with Crippen LogP contribution in [0.25, 0.3) is 0 Å². The van der Waals surface area contributed by atoms with Gasteiger partial charge in [0.1, 0.15) is 6.04 Å². The van der Waals surface area contributed by atoms with Gasteiger partial charge >= 0.3 is 5.97 Å². The van der Waals surface area contributed by atoms with Crippen LogP contribution in [0, 0.1) is 0 Å². The molecule has 1 unspecified atom stereocenters. The molecule has 6 heteroatoms. The summed E-state index contributed by atoms with van der Waals surface area (Å²) in [6.45, 7) is 0.759. The summed E-state index contributed by atoms with van der Waals surface area (Å²) >= 11 is 17.0. The van der Waals surface area contributed by atoms with Crippen LogP contribution in [0.15, 0.2) is 0 Å². The Morgan fingerprint density at radius 1 is 1.46 bits per heavy atom. The third kappa shape index (κ3) is 1.63. The third-order valence-electron chi connectivity index (χ3n) is 2.38. The average molecular weight is 245 g/mol. The van der Waals surface area contributed by atoms with E-state index in [1.54, 1.807) is 0 Å². The standard InChI is InChI=1S/C7H8Cl3NO2/c8-7(9,10)6-11-3-1-2-4(11)5(12)13-6/h4,6H,1-3H2/t4?,6-/m1/s1. The van der Waals surface area contributed by atoms with Crippen LogP contribution < -0.4 is 0 Å².